The highest BCUT2D eigenvalue weighted by Gasteiger charge is 2.38. The Kier molecular flexibility index (Phi) is 11.2. The maximum absolute atomic E-state index is 12.8. The normalized spacial score (nSPS) is 11.0. The molecule has 0 aliphatic carbocycles. The predicted molar refractivity (Wildman–Crippen MR) is 189 cm³/mol. The Morgan fingerprint density at radius 1 is 0.702 bits per heavy atom. The summed E-state index contributed by atoms with van der Waals surface area (Å²) in [5.41, 5.74) is 5.65. The van der Waals surface area contributed by atoms with Crippen LogP contribution in [-0.2, 0) is 12.0 Å². The summed E-state index contributed by atoms with van der Waals surface area (Å²) in [5.74, 6) is 1.07. The van der Waals surface area contributed by atoms with Crippen molar-refractivity contribution < 1.29 is 14.3 Å². The minimum atomic E-state index is -0.591. The third kappa shape index (κ3) is 7.95. The van der Waals surface area contributed by atoms with Gasteiger partial charge in [0.1, 0.15) is 17.0 Å². The van der Waals surface area contributed by atoms with Crippen LogP contribution in [0.5, 0.6) is 11.5 Å². The highest BCUT2D eigenvalue weighted by Crippen LogP contribution is 2.40. The van der Waals surface area contributed by atoms with Crippen LogP contribution < -0.4 is 9.47 Å². The largest absolute Gasteiger partial charge is 0.497 e. The Bertz CT molecular complexity index is 1750. The minimum Gasteiger partial charge on any atom is -0.497 e. The average molecular weight is 621 g/mol. The van der Waals surface area contributed by atoms with Gasteiger partial charge in [0.2, 0.25) is 0 Å². The lowest BCUT2D eigenvalue weighted by molar-refractivity contribution is 0.104. The molecule has 0 aliphatic rings. The van der Waals surface area contributed by atoms with Gasteiger partial charge >= 0.3 is 0 Å². The van der Waals surface area contributed by atoms with Crippen molar-refractivity contribution in [2.75, 3.05) is 14.2 Å². The first kappa shape index (κ1) is 32.7. The lowest BCUT2D eigenvalue weighted by Crippen LogP contribution is -2.36. The van der Waals surface area contributed by atoms with Crippen LogP contribution in [0.25, 0.3) is 0 Å². The molecular weight excluding hydrogens is 580 g/mol. The summed E-state index contributed by atoms with van der Waals surface area (Å²) in [5, 5.41) is 0. The molecule has 5 aromatic carbocycles. The summed E-state index contributed by atoms with van der Waals surface area (Å²) in [6.45, 7) is 2.08. The van der Waals surface area contributed by atoms with Crippen molar-refractivity contribution in [1.82, 2.24) is 9.55 Å². The summed E-state index contributed by atoms with van der Waals surface area (Å²) in [6, 6.07) is 47.0. The summed E-state index contributed by atoms with van der Waals surface area (Å²) >= 11 is 0. The van der Waals surface area contributed by atoms with Crippen LogP contribution in [0, 0.1) is 6.92 Å². The molecule has 0 fully saturated rings. The predicted octanol–water partition coefficient (Wildman–Crippen LogP) is 9.11. The van der Waals surface area contributed by atoms with Crippen molar-refractivity contribution in [3.8, 4) is 11.5 Å². The highest BCUT2D eigenvalue weighted by atomic mass is 16.5. The zero-order valence-corrected chi connectivity index (χ0v) is 27.1. The third-order valence-electron chi connectivity index (χ3n) is 8.01. The monoisotopic (exact) mass is 620 g/mol. The van der Waals surface area contributed by atoms with Crippen LogP contribution in [0.4, 0.5) is 0 Å². The number of allylic oxidation sites excluding steroid dienone is 2. The molecule has 0 radical (unpaired) electrons. The fourth-order valence-corrected chi connectivity index (χ4v) is 5.66. The number of hydrogen-bond acceptors (Lipinski definition) is 4. The number of benzene rings is 5. The van der Waals surface area contributed by atoms with Gasteiger partial charge in [-0.05, 0) is 54.7 Å². The van der Waals surface area contributed by atoms with Crippen molar-refractivity contribution in [2.24, 2.45) is 0 Å². The Labute approximate surface area is 277 Å². The van der Waals surface area contributed by atoms with E-state index in [0.717, 1.165) is 22.4 Å². The number of hydrogen-bond donors (Lipinski definition) is 0. The van der Waals surface area contributed by atoms with Gasteiger partial charge in [-0.1, -0.05) is 133 Å². The molecule has 0 unspecified atom stereocenters. The van der Waals surface area contributed by atoms with Crippen molar-refractivity contribution in [3.05, 3.63) is 198 Å². The Morgan fingerprint density at radius 2 is 1.17 bits per heavy atom. The molecule has 236 valence electrons. The summed E-state index contributed by atoms with van der Waals surface area (Å²) in [4.78, 5) is 17.6. The molecule has 5 nitrogen and oxygen atoms in total. The molecule has 6 aromatic rings. The minimum absolute atomic E-state index is 0.0982. The van der Waals surface area contributed by atoms with E-state index in [2.05, 4.69) is 103 Å². The first-order valence-electron chi connectivity index (χ1n) is 15.7. The topological polar surface area (TPSA) is 53.4 Å². The number of carbonyl (C=O) groups excluding carboxylic acids is 1. The number of rotatable bonds is 11. The average Bonchev–Trinajstić information content (AvgIpc) is 3.61. The molecule has 0 saturated carbocycles. The van der Waals surface area contributed by atoms with Crippen molar-refractivity contribution >= 4 is 5.78 Å². The van der Waals surface area contributed by atoms with Gasteiger partial charge in [-0.3, -0.25) is 4.79 Å². The maximum Gasteiger partial charge on any atom is 0.185 e. The van der Waals surface area contributed by atoms with Gasteiger partial charge in [-0.2, -0.15) is 0 Å². The van der Waals surface area contributed by atoms with Gasteiger partial charge in [0, 0.05) is 17.8 Å². The fourth-order valence-electron chi connectivity index (χ4n) is 5.66. The van der Waals surface area contributed by atoms with Crippen molar-refractivity contribution in [3.63, 3.8) is 0 Å². The second kappa shape index (κ2) is 16.1. The molecule has 1 heterocycles. The van der Waals surface area contributed by atoms with E-state index in [1.54, 1.807) is 38.5 Å². The molecule has 0 amide bonds. The Balaban J connectivity index is 0.000000549. The molecule has 0 aliphatic heterocycles. The molecule has 5 heteroatoms. The molecule has 0 N–H and O–H groups in total. The summed E-state index contributed by atoms with van der Waals surface area (Å²) < 4.78 is 12.8. The molecular formula is C42H40N2O3. The zero-order valence-electron chi connectivity index (χ0n) is 27.1. The maximum atomic E-state index is 12.8. The number of nitrogens with zero attached hydrogens (tertiary/aromatic N) is 2. The number of imidazole rings is 1. The number of aromatic nitrogens is 2. The van der Waals surface area contributed by atoms with Crippen LogP contribution in [0.2, 0.25) is 0 Å². The van der Waals surface area contributed by atoms with E-state index in [1.165, 1.54) is 5.56 Å². The molecule has 47 heavy (non-hydrogen) atoms. The molecule has 0 bridgehead atoms. The SMILES string of the molecule is COc1cc(OC)cc(C(=O)C=CCCc2cn(C(c3ccccc3)(c3ccccc3)c3ccccc3)cn2)c1.Cc1ccccc1. The molecule has 6 rings (SSSR count). The van der Waals surface area contributed by atoms with Gasteiger partial charge in [0.15, 0.2) is 5.78 Å². The van der Waals surface area contributed by atoms with E-state index in [4.69, 9.17) is 14.5 Å². The van der Waals surface area contributed by atoms with E-state index in [0.29, 0.717) is 29.9 Å². The van der Waals surface area contributed by atoms with Crippen LogP contribution in [-0.4, -0.2) is 29.6 Å². The van der Waals surface area contributed by atoms with Gasteiger partial charge in [-0.15, -0.1) is 0 Å². The van der Waals surface area contributed by atoms with Crippen molar-refractivity contribution in [2.45, 2.75) is 25.3 Å². The van der Waals surface area contributed by atoms with E-state index in [9.17, 15) is 4.79 Å². The van der Waals surface area contributed by atoms with Crippen LogP contribution in [0.1, 0.15) is 44.7 Å². The van der Waals surface area contributed by atoms with Gasteiger partial charge in [0.25, 0.3) is 0 Å². The lowest BCUT2D eigenvalue weighted by atomic mass is 9.77. The van der Waals surface area contributed by atoms with E-state index >= 15 is 0 Å². The highest BCUT2D eigenvalue weighted by molar-refractivity contribution is 6.05. The fraction of sp³-hybridized carbons (Fsp3) is 0.143. The number of ketones is 1. The first-order valence-corrected chi connectivity index (χ1v) is 15.7. The van der Waals surface area contributed by atoms with E-state index in [-0.39, 0.29) is 5.78 Å². The number of methoxy groups -OCH3 is 2. The zero-order chi connectivity index (χ0) is 32.9. The number of aryl methyl sites for hydroxylation is 2. The molecule has 1 aromatic heterocycles. The van der Waals surface area contributed by atoms with Crippen LogP contribution in [0.15, 0.2) is 164 Å². The van der Waals surface area contributed by atoms with Crippen LogP contribution in [0.3, 0.4) is 0 Å². The van der Waals surface area contributed by atoms with Gasteiger partial charge in [0.05, 0.1) is 26.2 Å². The number of carbonyl (C=O) groups is 1. The first-order chi connectivity index (χ1) is 23.0. The molecule has 0 atom stereocenters. The quantitative estimate of drug-likeness (QED) is 0.0824. The smallest absolute Gasteiger partial charge is 0.185 e. The van der Waals surface area contributed by atoms with Crippen LogP contribution >= 0.6 is 0 Å². The standard InChI is InChI=1S/C35H32N2O3.C7H8/c1-39-32-22-27(23-33(24-32)40-2)34(38)21-13-12-20-31-25-37(26-36-31)35(28-14-6-3-7-15-28,29-16-8-4-9-17-29)30-18-10-5-11-19-30;1-7-5-3-2-4-6-7/h3-11,13-19,21-26H,12,20H2,1-2H3;2-6H,1H3. The van der Waals surface area contributed by atoms with Crippen molar-refractivity contribution in [1.29, 1.82) is 0 Å². The second-order valence-electron chi connectivity index (χ2n) is 11.1. The van der Waals surface area contributed by atoms with E-state index < -0.39 is 5.54 Å². The van der Waals surface area contributed by atoms with Gasteiger partial charge in [-0.25, -0.2) is 4.98 Å². The van der Waals surface area contributed by atoms with E-state index in [1.807, 2.05) is 48.8 Å². The molecule has 0 spiro atoms. The second-order valence-corrected chi connectivity index (χ2v) is 11.1. The summed E-state index contributed by atoms with van der Waals surface area (Å²) in [7, 11) is 3.14. The van der Waals surface area contributed by atoms with Gasteiger partial charge < -0.3 is 14.0 Å². The summed E-state index contributed by atoms with van der Waals surface area (Å²) in [6.07, 6.45) is 8.92. The Hall–Kier alpha value is -5.68. The lowest BCUT2D eigenvalue weighted by Gasteiger charge is -2.37. The Morgan fingerprint density at radius 3 is 1.60 bits per heavy atom. The molecule has 0 saturated heterocycles. The third-order valence-corrected chi connectivity index (χ3v) is 8.01. The number of ether oxygens (including phenoxy) is 2.